The number of rotatable bonds is 10. The van der Waals surface area contributed by atoms with Crippen LogP contribution in [-0.2, 0) is 26.2 Å². The Balaban J connectivity index is 2.47. The first kappa shape index (κ1) is 27.8. The number of aryl methyl sites for hydroxylation is 1. The Morgan fingerprint density at radius 2 is 1.79 bits per heavy atom. The van der Waals surface area contributed by atoms with Crippen molar-refractivity contribution < 1.29 is 22.7 Å². The first-order valence-electron chi connectivity index (χ1n) is 10.5. The van der Waals surface area contributed by atoms with E-state index in [-0.39, 0.29) is 18.1 Å². The van der Waals surface area contributed by atoms with Crippen LogP contribution in [0.25, 0.3) is 0 Å². The highest BCUT2D eigenvalue weighted by atomic mass is 35.5. The van der Waals surface area contributed by atoms with E-state index < -0.39 is 28.5 Å². The molecule has 8 nitrogen and oxygen atoms in total. The molecule has 0 aliphatic rings. The van der Waals surface area contributed by atoms with Gasteiger partial charge in [0.2, 0.25) is 21.8 Å². The highest BCUT2D eigenvalue weighted by Crippen LogP contribution is 2.31. The summed E-state index contributed by atoms with van der Waals surface area (Å²) in [6.07, 6.45) is 1.01. The summed E-state index contributed by atoms with van der Waals surface area (Å²) in [5.41, 5.74) is 1.66. The smallest absolute Gasteiger partial charge is 0.244 e. The Morgan fingerprint density at radius 3 is 2.35 bits per heavy atom. The number of sulfonamides is 1. The van der Waals surface area contributed by atoms with E-state index in [1.54, 1.807) is 57.2 Å². The summed E-state index contributed by atoms with van der Waals surface area (Å²) in [7, 11) is -2.45. The molecule has 1 unspecified atom stereocenters. The first-order chi connectivity index (χ1) is 15.9. The molecule has 0 fully saturated rings. The lowest BCUT2D eigenvalue weighted by molar-refractivity contribution is -0.139. The Bertz CT molecular complexity index is 1160. The zero-order valence-corrected chi connectivity index (χ0v) is 22.1. The van der Waals surface area contributed by atoms with Gasteiger partial charge in [-0.2, -0.15) is 0 Å². The van der Waals surface area contributed by atoms with Crippen LogP contribution in [0.2, 0.25) is 10.0 Å². The number of ether oxygens (including phenoxy) is 1. The van der Waals surface area contributed by atoms with Crippen molar-refractivity contribution in [3.63, 3.8) is 0 Å². The molecule has 0 saturated heterocycles. The van der Waals surface area contributed by atoms with Crippen molar-refractivity contribution in [1.29, 1.82) is 0 Å². The van der Waals surface area contributed by atoms with Crippen LogP contribution in [0.1, 0.15) is 25.0 Å². The highest BCUT2D eigenvalue weighted by molar-refractivity contribution is 7.92. The summed E-state index contributed by atoms with van der Waals surface area (Å²) in [6, 6.07) is 9.06. The van der Waals surface area contributed by atoms with E-state index in [1.807, 2.05) is 0 Å². The maximum absolute atomic E-state index is 13.5. The quantitative estimate of drug-likeness (QED) is 0.506. The van der Waals surface area contributed by atoms with Gasteiger partial charge in [0.25, 0.3) is 0 Å². The van der Waals surface area contributed by atoms with E-state index >= 15 is 0 Å². The summed E-state index contributed by atoms with van der Waals surface area (Å²) in [4.78, 5) is 27.4. The van der Waals surface area contributed by atoms with Crippen LogP contribution >= 0.6 is 23.2 Å². The average molecular weight is 530 g/mol. The minimum absolute atomic E-state index is 0.0244. The molecule has 2 amide bonds. The van der Waals surface area contributed by atoms with Gasteiger partial charge in [0.15, 0.2) is 0 Å². The third-order valence-corrected chi connectivity index (χ3v) is 7.00. The van der Waals surface area contributed by atoms with Gasteiger partial charge in [0.1, 0.15) is 18.3 Å². The molecule has 0 heterocycles. The number of carbonyl (C=O) groups excluding carboxylic acids is 2. The normalized spacial score (nSPS) is 12.1. The number of nitrogens with zero attached hydrogens (tertiary/aromatic N) is 2. The summed E-state index contributed by atoms with van der Waals surface area (Å²) in [6.45, 7) is 5.04. The highest BCUT2D eigenvalue weighted by Gasteiger charge is 2.31. The number of nitrogens with one attached hydrogen (secondary N) is 1. The van der Waals surface area contributed by atoms with Crippen LogP contribution < -0.4 is 14.4 Å². The molecule has 34 heavy (non-hydrogen) atoms. The van der Waals surface area contributed by atoms with Crippen molar-refractivity contribution in [3.8, 4) is 5.75 Å². The molecule has 0 radical (unpaired) electrons. The van der Waals surface area contributed by atoms with Gasteiger partial charge in [-0.05, 0) is 56.2 Å². The van der Waals surface area contributed by atoms with Gasteiger partial charge in [0, 0.05) is 13.1 Å². The van der Waals surface area contributed by atoms with Crippen LogP contribution in [0.15, 0.2) is 36.4 Å². The Morgan fingerprint density at radius 1 is 1.12 bits per heavy atom. The Hall–Kier alpha value is -2.49. The van der Waals surface area contributed by atoms with Crippen molar-refractivity contribution in [1.82, 2.24) is 10.2 Å². The molecule has 2 rings (SSSR count). The lowest BCUT2D eigenvalue weighted by Gasteiger charge is -2.32. The van der Waals surface area contributed by atoms with Crippen molar-refractivity contribution in [2.45, 2.75) is 33.4 Å². The second-order valence-electron chi connectivity index (χ2n) is 7.79. The number of likely N-dealkylation sites (N-methyl/N-ethyl adjacent to an activating group) is 1. The molecule has 0 spiro atoms. The molecule has 186 valence electrons. The number of hydrogen-bond donors (Lipinski definition) is 1. The second kappa shape index (κ2) is 11.8. The van der Waals surface area contributed by atoms with E-state index in [9.17, 15) is 18.0 Å². The summed E-state index contributed by atoms with van der Waals surface area (Å²) in [5, 5.41) is 3.36. The van der Waals surface area contributed by atoms with Crippen LogP contribution in [0.4, 0.5) is 5.69 Å². The lowest BCUT2D eigenvalue weighted by Crippen LogP contribution is -2.51. The van der Waals surface area contributed by atoms with Crippen LogP contribution in [0.5, 0.6) is 5.75 Å². The Labute approximate surface area is 210 Å². The molecule has 0 aliphatic carbocycles. The number of methoxy groups -OCH3 is 1. The van der Waals surface area contributed by atoms with E-state index in [0.29, 0.717) is 27.9 Å². The standard InChI is InChI=1S/C23H29Cl2N3O5S/c1-6-26-23(30)16(3)27(13-17-8-9-18(24)19(25)12-17)22(29)14-28(34(5,31)32)20-11-15(2)7-10-21(20)33-4/h7-12,16H,6,13-14H2,1-5H3,(H,26,30). The summed E-state index contributed by atoms with van der Waals surface area (Å²) < 4.78 is 31.7. The number of hydrogen-bond acceptors (Lipinski definition) is 5. The van der Waals surface area contributed by atoms with E-state index in [0.717, 1.165) is 16.1 Å². The predicted octanol–water partition coefficient (Wildman–Crippen LogP) is 3.63. The maximum Gasteiger partial charge on any atom is 0.244 e. The van der Waals surface area contributed by atoms with Crippen LogP contribution in [0, 0.1) is 6.92 Å². The molecule has 0 aliphatic heterocycles. The summed E-state index contributed by atoms with van der Waals surface area (Å²) >= 11 is 12.1. The van der Waals surface area contributed by atoms with E-state index in [1.165, 1.54) is 12.0 Å². The number of amides is 2. The molecule has 0 aromatic heterocycles. The van der Waals surface area contributed by atoms with Gasteiger partial charge in [-0.3, -0.25) is 13.9 Å². The van der Waals surface area contributed by atoms with Gasteiger partial charge >= 0.3 is 0 Å². The largest absolute Gasteiger partial charge is 0.495 e. The molecule has 0 bridgehead atoms. The first-order valence-corrected chi connectivity index (χ1v) is 13.1. The van der Waals surface area contributed by atoms with Crippen molar-refractivity contribution in [3.05, 3.63) is 57.6 Å². The van der Waals surface area contributed by atoms with Crippen molar-refractivity contribution in [2.24, 2.45) is 0 Å². The van der Waals surface area contributed by atoms with Crippen LogP contribution in [0.3, 0.4) is 0 Å². The fourth-order valence-corrected chi connectivity index (χ4v) is 4.49. The number of halogens is 2. The molecule has 0 saturated carbocycles. The fourth-order valence-electron chi connectivity index (χ4n) is 3.33. The molecule has 1 N–H and O–H groups in total. The molecule has 11 heteroatoms. The van der Waals surface area contributed by atoms with Gasteiger partial charge in [-0.25, -0.2) is 8.42 Å². The molecule has 2 aromatic carbocycles. The predicted molar refractivity (Wildman–Crippen MR) is 135 cm³/mol. The monoisotopic (exact) mass is 529 g/mol. The number of carbonyl (C=O) groups is 2. The van der Waals surface area contributed by atoms with Gasteiger partial charge in [-0.1, -0.05) is 35.3 Å². The number of benzene rings is 2. The lowest BCUT2D eigenvalue weighted by atomic mass is 10.1. The third-order valence-electron chi connectivity index (χ3n) is 5.14. The van der Waals surface area contributed by atoms with E-state index in [2.05, 4.69) is 5.32 Å². The fraction of sp³-hybridized carbons (Fsp3) is 0.391. The Kier molecular flexibility index (Phi) is 9.61. The molecular formula is C23H29Cl2N3O5S. The average Bonchev–Trinajstić information content (AvgIpc) is 2.76. The SMILES string of the molecule is CCNC(=O)C(C)N(Cc1ccc(Cl)c(Cl)c1)C(=O)CN(c1cc(C)ccc1OC)S(C)(=O)=O. The van der Waals surface area contributed by atoms with Crippen LogP contribution in [-0.4, -0.2) is 57.6 Å². The zero-order valence-electron chi connectivity index (χ0n) is 19.8. The van der Waals surface area contributed by atoms with Gasteiger partial charge in [0.05, 0.1) is 29.1 Å². The minimum atomic E-state index is -3.87. The van der Waals surface area contributed by atoms with Crippen molar-refractivity contribution in [2.75, 3.05) is 30.8 Å². The zero-order chi connectivity index (χ0) is 25.6. The second-order valence-corrected chi connectivity index (χ2v) is 10.5. The topological polar surface area (TPSA) is 96.0 Å². The molecule has 1 atom stereocenters. The van der Waals surface area contributed by atoms with Crippen molar-refractivity contribution >= 4 is 50.7 Å². The molecular weight excluding hydrogens is 501 g/mol. The van der Waals surface area contributed by atoms with Gasteiger partial charge < -0.3 is 15.0 Å². The van der Waals surface area contributed by atoms with Gasteiger partial charge in [-0.15, -0.1) is 0 Å². The minimum Gasteiger partial charge on any atom is -0.495 e. The summed E-state index contributed by atoms with van der Waals surface area (Å²) in [5.74, 6) is -0.634. The third kappa shape index (κ3) is 7.01. The number of anilines is 1. The molecule has 2 aromatic rings. The van der Waals surface area contributed by atoms with E-state index in [4.69, 9.17) is 27.9 Å². The maximum atomic E-state index is 13.5.